The lowest BCUT2D eigenvalue weighted by molar-refractivity contribution is 0.259. The average molecular weight is 345 g/mol. The maximum atomic E-state index is 5.88. The van der Waals surface area contributed by atoms with Gasteiger partial charge in [0.15, 0.2) is 5.96 Å². The second kappa shape index (κ2) is 9.63. The number of hydrogen-bond acceptors (Lipinski definition) is 5. The molecule has 0 amide bonds. The van der Waals surface area contributed by atoms with Gasteiger partial charge in [0, 0.05) is 32.7 Å². The first kappa shape index (κ1) is 18.7. The number of rotatable bonds is 8. The molecule has 1 heterocycles. The highest BCUT2D eigenvalue weighted by Gasteiger charge is 2.06. The van der Waals surface area contributed by atoms with Crippen molar-refractivity contribution in [3.8, 4) is 5.75 Å². The van der Waals surface area contributed by atoms with Crippen LogP contribution in [0.4, 0.5) is 0 Å². The number of ether oxygens (including phenoxy) is 1. The van der Waals surface area contributed by atoms with Crippen molar-refractivity contribution in [2.75, 3.05) is 34.3 Å². The summed E-state index contributed by atoms with van der Waals surface area (Å²) in [4.78, 5) is 10.5. The predicted octanol–water partition coefficient (Wildman–Crippen LogP) is 0.621. The summed E-state index contributed by atoms with van der Waals surface area (Å²) >= 11 is 0. The van der Waals surface area contributed by atoms with Crippen LogP contribution < -0.4 is 15.4 Å². The summed E-state index contributed by atoms with van der Waals surface area (Å²) in [6.45, 7) is 2.71. The molecule has 1 aromatic carbocycles. The Labute approximate surface area is 148 Å². The van der Waals surface area contributed by atoms with Crippen LogP contribution in [0, 0.1) is 0 Å². The van der Waals surface area contributed by atoms with Crippen molar-refractivity contribution in [1.82, 2.24) is 30.3 Å². The van der Waals surface area contributed by atoms with E-state index in [4.69, 9.17) is 4.74 Å². The lowest BCUT2D eigenvalue weighted by Gasteiger charge is -2.16. The summed E-state index contributed by atoms with van der Waals surface area (Å²) in [7, 11) is 7.67. The zero-order valence-corrected chi connectivity index (χ0v) is 15.4. The fraction of sp³-hybridized carbons (Fsp3) is 0.471. The first-order valence-corrected chi connectivity index (χ1v) is 8.23. The molecule has 0 radical (unpaired) electrons. The molecular formula is C17H27N7O. The zero-order chi connectivity index (χ0) is 18.1. The molecule has 25 heavy (non-hydrogen) atoms. The Hall–Kier alpha value is -2.61. The first-order valence-electron chi connectivity index (χ1n) is 8.23. The topological polar surface area (TPSA) is 79.6 Å². The maximum absolute atomic E-state index is 5.88. The minimum absolute atomic E-state index is 0.553. The summed E-state index contributed by atoms with van der Waals surface area (Å²) in [6.07, 6.45) is 1.54. The molecule has 8 heteroatoms. The molecule has 0 unspecified atom stereocenters. The molecule has 8 nitrogen and oxygen atoms in total. The summed E-state index contributed by atoms with van der Waals surface area (Å²) in [5, 5.41) is 10.6. The Bertz CT molecular complexity index is 681. The second-order valence-corrected chi connectivity index (χ2v) is 5.84. The number of nitrogens with one attached hydrogen (secondary N) is 2. The molecule has 2 rings (SSSR count). The van der Waals surface area contributed by atoms with E-state index in [-0.39, 0.29) is 0 Å². The van der Waals surface area contributed by atoms with Crippen LogP contribution >= 0.6 is 0 Å². The molecular weight excluding hydrogens is 318 g/mol. The number of aromatic nitrogens is 3. The van der Waals surface area contributed by atoms with Crippen molar-refractivity contribution in [3.05, 3.63) is 42.0 Å². The first-order chi connectivity index (χ1) is 12.1. The third-order valence-electron chi connectivity index (χ3n) is 3.66. The van der Waals surface area contributed by atoms with Crippen molar-refractivity contribution >= 4 is 5.96 Å². The van der Waals surface area contributed by atoms with Gasteiger partial charge in [0.1, 0.15) is 24.5 Å². The van der Waals surface area contributed by atoms with Crippen molar-refractivity contribution in [2.24, 2.45) is 12.0 Å². The highest BCUT2D eigenvalue weighted by Crippen LogP contribution is 2.17. The van der Waals surface area contributed by atoms with Crippen LogP contribution in [0.1, 0.15) is 11.4 Å². The molecule has 2 N–H and O–H groups in total. The van der Waals surface area contributed by atoms with Gasteiger partial charge in [0.05, 0.1) is 6.54 Å². The monoisotopic (exact) mass is 345 g/mol. The van der Waals surface area contributed by atoms with Gasteiger partial charge < -0.3 is 20.3 Å². The van der Waals surface area contributed by atoms with Crippen molar-refractivity contribution < 1.29 is 4.74 Å². The Balaban J connectivity index is 1.87. The van der Waals surface area contributed by atoms with Gasteiger partial charge in [-0.15, -0.1) is 0 Å². The molecule has 0 aliphatic carbocycles. The van der Waals surface area contributed by atoms with Crippen LogP contribution in [0.15, 0.2) is 35.6 Å². The molecule has 0 aliphatic rings. The Morgan fingerprint density at radius 3 is 2.68 bits per heavy atom. The molecule has 0 atom stereocenters. The Morgan fingerprint density at radius 2 is 2.00 bits per heavy atom. The van der Waals surface area contributed by atoms with Crippen LogP contribution in [0.5, 0.6) is 5.75 Å². The Morgan fingerprint density at radius 1 is 1.24 bits per heavy atom. The standard InChI is InChI=1S/C17H27N7O/c1-18-17(20-12-16-21-13-22-24(16)4)19-11-14-7-5-6-8-15(14)25-10-9-23(2)3/h5-8,13H,9-12H2,1-4H3,(H2,18,19,20). The van der Waals surface area contributed by atoms with Crippen LogP contribution in [0.2, 0.25) is 0 Å². The summed E-state index contributed by atoms with van der Waals surface area (Å²) in [5.74, 6) is 2.43. The average Bonchev–Trinajstić information content (AvgIpc) is 3.01. The smallest absolute Gasteiger partial charge is 0.191 e. The van der Waals surface area contributed by atoms with E-state index in [0.29, 0.717) is 25.7 Å². The van der Waals surface area contributed by atoms with Crippen molar-refractivity contribution in [3.63, 3.8) is 0 Å². The Kier molecular flexibility index (Phi) is 7.21. The molecule has 0 spiro atoms. The third-order valence-corrected chi connectivity index (χ3v) is 3.66. The number of aliphatic imine (C=N–C) groups is 1. The number of guanidine groups is 1. The molecule has 0 bridgehead atoms. The zero-order valence-electron chi connectivity index (χ0n) is 15.4. The second-order valence-electron chi connectivity index (χ2n) is 5.84. The number of para-hydroxylation sites is 1. The number of likely N-dealkylation sites (N-methyl/N-ethyl adjacent to an activating group) is 1. The van der Waals surface area contributed by atoms with Gasteiger partial charge >= 0.3 is 0 Å². The normalized spacial score (nSPS) is 11.6. The van der Waals surface area contributed by atoms with E-state index < -0.39 is 0 Å². The fourth-order valence-electron chi connectivity index (χ4n) is 2.17. The third kappa shape index (κ3) is 6.07. The van der Waals surface area contributed by atoms with E-state index in [1.807, 2.05) is 45.4 Å². The molecule has 1 aromatic heterocycles. The van der Waals surface area contributed by atoms with E-state index in [1.54, 1.807) is 11.7 Å². The fourth-order valence-corrected chi connectivity index (χ4v) is 2.17. The molecule has 0 saturated carbocycles. The van der Waals surface area contributed by atoms with Gasteiger partial charge in [-0.25, -0.2) is 4.98 Å². The summed E-state index contributed by atoms with van der Waals surface area (Å²) < 4.78 is 7.62. The van der Waals surface area contributed by atoms with Crippen LogP contribution in [-0.2, 0) is 20.1 Å². The number of benzene rings is 1. The molecule has 0 fully saturated rings. The van der Waals surface area contributed by atoms with Crippen LogP contribution in [0.3, 0.4) is 0 Å². The minimum atomic E-state index is 0.553. The van der Waals surface area contributed by atoms with Gasteiger partial charge in [-0.1, -0.05) is 18.2 Å². The van der Waals surface area contributed by atoms with E-state index >= 15 is 0 Å². The highest BCUT2D eigenvalue weighted by atomic mass is 16.5. The molecule has 0 saturated heterocycles. The SMILES string of the molecule is CN=C(NCc1ccccc1OCCN(C)C)NCc1ncnn1C. The minimum Gasteiger partial charge on any atom is -0.492 e. The lowest BCUT2D eigenvalue weighted by atomic mass is 10.2. The highest BCUT2D eigenvalue weighted by molar-refractivity contribution is 5.79. The van der Waals surface area contributed by atoms with Gasteiger partial charge in [0.25, 0.3) is 0 Å². The van der Waals surface area contributed by atoms with Crippen LogP contribution in [-0.4, -0.2) is 59.9 Å². The predicted molar refractivity (Wildman–Crippen MR) is 98.5 cm³/mol. The number of aryl methyl sites for hydroxylation is 1. The van der Waals surface area contributed by atoms with Gasteiger partial charge in [-0.3, -0.25) is 9.67 Å². The van der Waals surface area contributed by atoms with Crippen molar-refractivity contribution in [2.45, 2.75) is 13.1 Å². The molecule has 2 aromatic rings. The van der Waals surface area contributed by atoms with Gasteiger partial charge in [0.2, 0.25) is 0 Å². The molecule has 0 aliphatic heterocycles. The molecule has 136 valence electrons. The van der Waals surface area contributed by atoms with E-state index in [2.05, 4.69) is 30.6 Å². The van der Waals surface area contributed by atoms with E-state index in [1.165, 1.54) is 6.33 Å². The lowest BCUT2D eigenvalue weighted by Crippen LogP contribution is -2.37. The number of nitrogens with zero attached hydrogens (tertiary/aromatic N) is 5. The van der Waals surface area contributed by atoms with Gasteiger partial charge in [-0.2, -0.15) is 5.10 Å². The largest absolute Gasteiger partial charge is 0.492 e. The quantitative estimate of drug-likeness (QED) is 0.539. The van der Waals surface area contributed by atoms with Crippen LogP contribution in [0.25, 0.3) is 0 Å². The maximum Gasteiger partial charge on any atom is 0.191 e. The van der Waals surface area contributed by atoms with E-state index in [9.17, 15) is 0 Å². The number of hydrogen-bond donors (Lipinski definition) is 2. The summed E-state index contributed by atoms with van der Waals surface area (Å²) in [6, 6.07) is 8.03. The van der Waals surface area contributed by atoms with Crippen molar-refractivity contribution in [1.29, 1.82) is 0 Å². The van der Waals surface area contributed by atoms with Gasteiger partial charge in [-0.05, 0) is 20.2 Å². The summed E-state index contributed by atoms with van der Waals surface area (Å²) in [5.41, 5.74) is 1.09. The van der Waals surface area contributed by atoms with E-state index in [0.717, 1.165) is 23.7 Å².